The second-order valence-electron chi connectivity index (χ2n) is 8.38. The number of nitrogens with zero attached hydrogens (tertiary/aromatic N) is 4. The van der Waals surface area contributed by atoms with Gasteiger partial charge in [-0.3, -0.25) is 19.3 Å². The number of imidazole rings is 1. The van der Waals surface area contributed by atoms with E-state index in [-0.39, 0.29) is 17.0 Å². The Hall–Kier alpha value is -1.32. The van der Waals surface area contributed by atoms with Crippen LogP contribution in [0.3, 0.4) is 0 Å². The maximum atomic E-state index is 12.3. The van der Waals surface area contributed by atoms with E-state index in [9.17, 15) is 34.2 Å². The van der Waals surface area contributed by atoms with E-state index in [1.54, 1.807) is 0 Å². The number of hydrogen-bond acceptors (Lipinski definition) is 17. The van der Waals surface area contributed by atoms with Gasteiger partial charge in [0.15, 0.2) is 23.3 Å². The zero-order valence-corrected chi connectivity index (χ0v) is 21.6. The summed E-state index contributed by atoms with van der Waals surface area (Å²) in [5.74, 6) is 0.0731. The lowest BCUT2D eigenvalue weighted by molar-refractivity contribution is -0.0507. The highest BCUT2D eigenvalue weighted by Crippen LogP contribution is 2.61. The number of nitrogen functional groups attached to an aromatic ring is 1. The Morgan fingerprint density at radius 3 is 2.29 bits per heavy atom. The summed E-state index contributed by atoms with van der Waals surface area (Å²) in [6.45, 7) is -1.53. The fraction of sp³-hybridized carbons (Fsp3) is 0.688. The molecule has 0 bridgehead atoms. The molecule has 2 aromatic heterocycles. The molecule has 5 heterocycles. The molecule has 212 valence electrons. The van der Waals surface area contributed by atoms with E-state index in [0.717, 1.165) is 18.1 Å². The summed E-state index contributed by atoms with van der Waals surface area (Å²) in [5, 5.41) is 31.0. The molecule has 3 saturated heterocycles. The molecule has 0 aliphatic carbocycles. The van der Waals surface area contributed by atoms with Crippen molar-refractivity contribution < 1.29 is 61.8 Å². The van der Waals surface area contributed by atoms with Gasteiger partial charge in [-0.2, -0.15) is 4.31 Å². The maximum absolute atomic E-state index is 12.3. The number of phosphoric acid groups is 2. The summed E-state index contributed by atoms with van der Waals surface area (Å²) >= 11 is 1.09. The highest BCUT2D eigenvalue weighted by Gasteiger charge is 2.51. The molecule has 5 rings (SSSR count). The van der Waals surface area contributed by atoms with Gasteiger partial charge in [0.25, 0.3) is 0 Å². The highest BCUT2D eigenvalue weighted by molar-refractivity contribution is 8.00. The molecule has 3 fully saturated rings. The summed E-state index contributed by atoms with van der Waals surface area (Å²) in [6.07, 6.45) is -6.48. The van der Waals surface area contributed by atoms with Crippen molar-refractivity contribution in [1.82, 2.24) is 19.5 Å². The van der Waals surface area contributed by atoms with Gasteiger partial charge in [-0.25, -0.2) is 24.1 Å². The Balaban J connectivity index is 1.15. The molecule has 2 aromatic rings. The van der Waals surface area contributed by atoms with Gasteiger partial charge in [-0.15, -0.1) is 0 Å². The third kappa shape index (κ3) is 5.62. The number of hydrogen-bond donors (Lipinski definition) is 7. The lowest BCUT2D eigenvalue weighted by Crippen LogP contribution is -2.35. The van der Waals surface area contributed by atoms with Crippen LogP contribution < -0.4 is 11.5 Å². The van der Waals surface area contributed by atoms with Crippen LogP contribution in [0.15, 0.2) is 12.7 Å². The molecule has 11 atom stereocenters. The first-order valence-corrected chi connectivity index (χ1v) is 14.8. The molecule has 0 amide bonds. The highest BCUT2D eigenvalue weighted by atomic mass is 32.2. The van der Waals surface area contributed by atoms with Crippen LogP contribution in [0, 0.1) is 0 Å². The van der Waals surface area contributed by atoms with Crippen LogP contribution in [-0.4, -0.2) is 105 Å². The number of thioether (sulfide) groups is 1. The number of aliphatic hydroxyl groups excluding tert-OH is 3. The van der Waals surface area contributed by atoms with Crippen LogP contribution in [0.5, 0.6) is 0 Å². The normalized spacial score (nSPS) is 38.3. The van der Waals surface area contributed by atoms with Crippen molar-refractivity contribution in [2.24, 2.45) is 5.73 Å². The molecule has 0 saturated carbocycles. The summed E-state index contributed by atoms with van der Waals surface area (Å²) < 4.78 is 55.7. The first-order chi connectivity index (χ1) is 17.8. The van der Waals surface area contributed by atoms with Crippen molar-refractivity contribution in [3.63, 3.8) is 0 Å². The van der Waals surface area contributed by atoms with Crippen LogP contribution in [0.25, 0.3) is 11.2 Å². The smallest absolute Gasteiger partial charge is 0.387 e. The topological polar surface area (TPSA) is 286 Å². The fourth-order valence-corrected chi connectivity index (χ4v) is 7.21. The average Bonchev–Trinajstić information content (AvgIpc) is 3.56. The Labute approximate surface area is 217 Å². The van der Waals surface area contributed by atoms with Crippen LogP contribution >= 0.6 is 27.4 Å². The number of ether oxygens (including phenoxy) is 3. The molecular formula is C16H24N6O13P2S. The lowest BCUT2D eigenvalue weighted by atomic mass is 10.1. The van der Waals surface area contributed by atoms with Gasteiger partial charge >= 0.3 is 15.6 Å². The summed E-state index contributed by atoms with van der Waals surface area (Å²) in [6, 6.07) is 0. The number of nitrogens with two attached hydrogens (primary N) is 2. The predicted octanol–water partition coefficient (Wildman–Crippen LogP) is -2.26. The fourth-order valence-electron chi connectivity index (χ4n) is 4.08. The van der Waals surface area contributed by atoms with Crippen LogP contribution in [0.2, 0.25) is 0 Å². The summed E-state index contributed by atoms with van der Waals surface area (Å²) in [4.78, 5) is 31.6. The lowest BCUT2D eigenvalue weighted by Gasteiger charge is -2.21. The van der Waals surface area contributed by atoms with E-state index in [4.69, 9.17) is 30.2 Å². The van der Waals surface area contributed by atoms with Gasteiger partial charge in [0.2, 0.25) is 0 Å². The van der Waals surface area contributed by atoms with Crippen molar-refractivity contribution in [2.45, 2.75) is 53.8 Å². The third-order valence-electron chi connectivity index (χ3n) is 5.86. The van der Waals surface area contributed by atoms with Crippen molar-refractivity contribution >= 4 is 44.4 Å². The second-order valence-corrected chi connectivity index (χ2v) is 12.6. The molecular weight excluding hydrogens is 578 g/mol. The number of phosphoric ester groups is 2. The number of anilines is 1. The van der Waals surface area contributed by atoms with Gasteiger partial charge in [-0.05, 0) is 0 Å². The molecule has 22 heteroatoms. The molecule has 0 radical (unpaired) electrons. The van der Waals surface area contributed by atoms with Gasteiger partial charge < -0.3 is 45.1 Å². The maximum Gasteiger partial charge on any atom is 0.481 e. The number of fused-ring (bicyclic) bond motifs is 2. The molecule has 3 aliphatic rings. The van der Waals surface area contributed by atoms with E-state index < -0.39 is 82.7 Å². The van der Waals surface area contributed by atoms with Crippen molar-refractivity contribution in [2.75, 3.05) is 18.9 Å². The average molecular weight is 602 g/mol. The number of aliphatic hydroxyl groups is 3. The molecule has 9 N–H and O–H groups in total. The minimum atomic E-state index is -5.26. The third-order valence-corrected chi connectivity index (χ3v) is 9.49. The summed E-state index contributed by atoms with van der Waals surface area (Å²) in [7, 11) is -10.5. The summed E-state index contributed by atoms with van der Waals surface area (Å²) in [5.41, 5.74) is 10.4. The monoisotopic (exact) mass is 602 g/mol. The SMILES string of the molecule is Nc1ncnc2c1ncn2[C@@H]1O[C@H](COP(=O)(O)OP(=O)(O)OC[C@H]2O[C@@H]3SC(N)O[C@@H]3[C@@H]2O)[C@@H](O)[C@H]1O. The van der Waals surface area contributed by atoms with Crippen LogP contribution in [0.1, 0.15) is 6.23 Å². The largest absolute Gasteiger partial charge is 0.481 e. The van der Waals surface area contributed by atoms with Gasteiger partial charge in [0, 0.05) is 0 Å². The Morgan fingerprint density at radius 1 is 0.974 bits per heavy atom. The molecule has 38 heavy (non-hydrogen) atoms. The Kier molecular flexibility index (Phi) is 7.86. The molecule has 19 nitrogen and oxygen atoms in total. The molecule has 3 unspecified atom stereocenters. The Bertz CT molecular complexity index is 1270. The van der Waals surface area contributed by atoms with Gasteiger partial charge in [0.1, 0.15) is 53.9 Å². The first-order valence-electron chi connectivity index (χ1n) is 10.9. The zero-order chi connectivity index (χ0) is 27.4. The van der Waals surface area contributed by atoms with Crippen molar-refractivity contribution in [3.05, 3.63) is 12.7 Å². The van der Waals surface area contributed by atoms with E-state index in [0.29, 0.717) is 0 Å². The molecule has 0 aromatic carbocycles. The minimum Gasteiger partial charge on any atom is -0.387 e. The Morgan fingerprint density at radius 2 is 1.63 bits per heavy atom. The van der Waals surface area contributed by atoms with Crippen molar-refractivity contribution in [3.8, 4) is 0 Å². The first kappa shape index (κ1) is 28.2. The van der Waals surface area contributed by atoms with E-state index in [1.165, 1.54) is 10.9 Å². The number of rotatable bonds is 9. The van der Waals surface area contributed by atoms with E-state index in [1.807, 2.05) is 0 Å². The number of aromatic nitrogens is 4. The molecule has 0 spiro atoms. The second kappa shape index (κ2) is 10.6. The predicted molar refractivity (Wildman–Crippen MR) is 123 cm³/mol. The van der Waals surface area contributed by atoms with Crippen molar-refractivity contribution in [1.29, 1.82) is 0 Å². The minimum absolute atomic E-state index is 0.0731. The molecule has 3 aliphatic heterocycles. The quantitative estimate of drug-likeness (QED) is 0.149. The van der Waals surface area contributed by atoms with E-state index >= 15 is 0 Å². The zero-order valence-electron chi connectivity index (χ0n) is 19.0. The van der Waals surface area contributed by atoms with E-state index in [2.05, 4.69) is 23.8 Å². The standard InChI is InChI=1S/C16H24N6O13P2S/c17-12-7-13(20-3-19-12)22(4-21-7)14-10(25)8(23)5(32-14)1-30-36(26,27)35-37(28,29)31-2-6-9(24)11-15(33-6)38-16(18)34-11/h3-6,8-11,14-16,23-25H,1-2,18H2,(H,26,27)(H,28,29)(H2,17,19,20)/t5-,6-,8-,9-,10-,11-,14-,15-,16?/m1/s1. The van der Waals surface area contributed by atoms with Crippen LogP contribution in [0.4, 0.5) is 5.82 Å². The van der Waals surface area contributed by atoms with Gasteiger partial charge in [0.05, 0.1) is 19.5 Å². The van der Waals surface area contributed by atoms with Gasteiger partial charge in [-0.1, -0.05) is 11.8 Å². The van der Waals surface area contributed by atoms with Crippen LogP contribution in [-0.2, 0) is 36.7 Å².